The largest absolute Gasteiger partial charge is 0.480 e. The van der Waals surface area contributed by atoms with Crippen LogP contribution in [0.1, 0.15) is 32.3 Å². The van der Waals surface area contributed by atoms with E-state index in [1.165, 1.54) is 13.8 Å². The van der Waals surface area contributed by atoms with Crippen LogP contribution in [0.3, 0.4) is 0 Å². The van der Waals surface area contributed by atoms with Crippen molar-refractivity contribution < 1.29 is 29.4 Å². The standard InChI is InChI=1S/C22H35N7O6/c1-12(21(34)35)27-20(33)17(13(2)30)29-19(32)16(9-6-10-26-22(24)25)28-18(31)15(23)11-14-7-4-3-5-8-14/h3-5,7-8,12-13,15-17,30H,6,9-11,23H2,1-2H3,(H,27,33)(H,28,31)(H,29,32)(H,34,35)(H4,24,25,26). The Kier molecular flexibility index (Phi) is 12.2. The number of carbonyl (C=O) groups excluding carboxylic acids is 3. The Hall–Kier alpha value is -3.71. The lowest BCUT2D eigenvalue weighted by Crippen LogP contribution is -2.59. The number of hydrogen-bond donors (Lipinski definition) is 8. The Morgan fingerprint density at radius 3 is 2.14 bits per heavy atom. The van der Waals surface area contributed by atoms with E-state index in [1.807, 2.05) is 30.3 Å². The highest BCUT2D eigenvalue weighted by Crippen LogP contribution is 2.05. The molecule has 0 saturated heterocycles. The van der Waals surface area contributed by atoms with E-state index in [0.717, 1.165) is 5.56 Å². The van der Waals surface area contributed by atoms with Gasteiger partial charge in [-0.05, 0) is 38.7 Å². The predicted octanol–water partition coefficient (Wildman–Crippen LogP) is -2.45. The van der Waals surface area contributed by atoms with Gasteiger partial charge in [-0.3, -0.25) is 24.2 Å². The van der Waals surface area contributed by atoms with E-state index in [-0.39, 0.29) is 25.3 Å². The molecule has 0 aromatic heterocycles. The van der Waals surface area contributed by atoms with Crippen LogP contribution in [0.25, 0.3) is 0 Å². The molecular weight excluding hydrogens is 458 g/mol. The monoisotopic (exact) mass is 493 g/mol. The van der Waals surface area contributed by atoms with Crippen LogP contribution in [0.15, 0.2) is 35.3 Å². The third-order valence-corrected chi connectivity index (χ3v) is 5.01. The number of carboxylic acid groups (broad SMARTS) is 1. The second-order valence-electron chi connectivity index (χ2n) is 8.10. The quantitative estimate of drug-likeness (QED) is 0.0778. The van der Waals surface area contributed by atoms with Crippen molar-refractivity contribution in [2.75, 3.05) is 6.54 Å². The summed E-state index contributed by atoms with van der Waals surface area (Å²) in [5, 5.41) is 26.1. The topological polar surface area (TPSA) is 235 Å². The maximum absolute atomic E-state index is 13.0. The number of aliphatic imine (C=N–C) groups is 1. The Morgan fingerprint density at radius 2 is 1.60 bits per heavy atom. The van der Waals surface area contributed by atoms with Crippen molar-refractivity contribution >= 4 is 29.7 Å². The Bertz CT molecular complexity index is 890. The number of hydrogen-bond acceptors (Lipinski definition) is 7. The van der Waals surface area contributed by atoms with Crippen molar-refractivity contribution in [1.82, 2.24) is 16.0 Å². The molecule has 194 valence electrons. The highest BCUT2D eigenvalue weighted by atomic mass is 16.4. The van der Waals surface area contributed by atoms with Gasteiger partial charge in [0.1, 0.15) is 18.1 Å². The zero-order valence-corrected chi connectivity index (χ0v) is 19.8. The van der Waals surface area contributed by atoms with Gasteiger partial charge in [0.25, 0.3) is 0 Å². The Balaban J connectivity index is 2.93. The van der Waals surface area contributed by atoms with Crippen LogP contribution in [-0.4, -0.2) is 76.7 Å². The SMILES string of the molecule is CC(NC(=O)C(NC(=O)C(CCCN=C(N)N)NC(=O)C(N)Cc1ccccc1)C(C)O)C(=O)O. The summed E-state index contributed by atoms with van der Waals surface area (Å²) in [6.45, 7) is 2.69. The van der Waals surface area contributed by atoms with Crippen molar-refractivity contribution in [3.05, 3.63) is 35.9 Å². The summed E-state index contributed by atoms with van der Waals surface area (Å²) in [4.78, 5) is 52.9. The van der Waals surface area contributed by atoms with Crippen LogP contribution in [-0.2, 0) is 25.6 Å². The van der Waals surface area contributed by atoms with E-state index in [4.69, 9.17) is 22.3 Å². The number of carboxylic acids is 1. The van der Waals surface area contributed by atoms with Gasteiger partial charge < -0.3 is 43.4 Å². The number of aliphatic hydroxyl groups is 1. The van der Waals surface area contributed by atoms with Crippen LogP contribution in [0.4, 0.5) is 0 Å². The number of carbonyl (C=O) groups is 4. The first-order valence-corrected chi connectivity index (χ1v) is 11.1. The minimum absolute atomic E-state index is 0.103. The van der Waals surface area contributed by atoms with Crippen molar-refractivity contribution in [2.45, 2.75) is 63.4 Å². The first kappa shape index (κ1) is 29.3. The number of aliphatic hydroxyl groups excluding tert-OH is 1. The fourth-order valence-electron chi connectivity index (χ4n) is 3.04. The fraction of sp³-hybridized carbons (Fsp3) is 0.500. The second-order valence-corrected chi connectivity index (χ2v) is 8.10. The van der Waals surface area contributed by atoms with Gasteiger partial charge in [-0.2, -0.15) is 0 Å². The first-order chi connectivity index (χ1) is 16.4. The number of nitrogens with one attached hydrogen (secondary N) is 3. The van der Waals surface area contributed by atoms with Crippen molar-refractivity contribution in [3.8, 4) is 0 Å². The average molecular weight is 494 g/mol. The highest BCUT2D eigenvalue weighted by Gasteiger charge is 2.31. The van der Waals surface area contributed by atoms with E-state index in [0.29, 0.717) is 6.42 Å². The van der Waals surface area contributed by atoms with Crippen LogP contribution >= 0.6 is 0 Å². The van der Waals surface area contributed by atoms with Gasteiger partial charge in [0.05, 0.1) is 12.1 Å². The minimum atomic E-state index is -1.46. The predicted molar refractivity (Wildman–Crippen MR) is 129 cm³/mol. The van der Waals surface area contributed by atoms with Crippen molar-refractivity contribution in [2.24, 2.45) is 22.2 Å². The molecule has 0 saturated carbocycles. The van der Waals surface area contributed by atoms with E-state index < -0.39 is 54.0 Å². The smallest absolute Gasteiger partial charge is 0.325 e. The normalized spacial score (nSPS) is 15.0. The molecule has 5 atom stereocenters. The molecule has 13 heteroatoms. The Labute approximate surface area is 203 Å². The molecule has 1 aromatic carbocycles. The third-order valence-electron chi connectivity index (χ3n) is 5.01. The molecule has 0 aliphatic rings. The molecule has 1 rings (SSSR count). The van der Waals surface area contributed by atoms with Gasteiger partial charge in [-0.15, -0.1) is 0 Å². The third kappa shape index (κ3) is 10.8. The van der Waals surface area contributed by atoms with E-state index in [1.54, 1.807) is 0 Å². The zero-order valence-electron chi connectivity index (χ0n) is 19.8. The van der Waals surface area contributed by atoms with Gasteiger partial charge in [0, 0.05) is 6.54 Å². The average Bonchev–Trinajstić information content (AvgIpc) is 2.79. The van der Waals surface area contributed by atoms with Gasteiger partial charge in [-0.25, -0.2) is 0 Å². The molecule has 35 heavy (non-hydrogen) atoms. The zero-order chi connectivity index (χ0) is 26.5. The number of nitrogens with zero attached hydrogens (tertiary/aromatic N) is 1. The van der Waals surface area contributed by atoms with E-state index in [9.17, 15) is 24.3 Å². The lowest BCUT2D eigenvalue weighted by atomic mass is 10.0. The summed E-state index contributed by atoms with van der Waals surface area (Å²) in [7, 11) is 0. The molecule has 0 aliphatic carbocycles. The molecule has 0 aliphatic heterocycles. The molecule has 0 bridgehead atoms. The fourth-order valence-corrected chi connectivity index (χ4v) is 3.04. The van der Waals surface area contributed by atoms with E-state index in [2.05, 4.69) is 20.9 Å². The molecule has 3 amide bonds. The number of benzene rings is 1. The molecule has 1 aromatic rings. The van der Waals surface area contributed by atoms with Crippen LogP contribution < -0.4 is 33.2 Å². The first-order valence-electron chi connectivity index (χ1n) is 11.1. The number of aliphatic carboxylic acids is 1. The lowest BCUT2D eigenvalue weighted by molar-refractivity contribution is -0.142. The summed E-state index contributed by atoms with van der Waals surface area (Å²) in [6.07, 6.45) is -0.697. The van der Waals surface area contributed by atoms with Gasteiger partial charge in [0.2, 0.25) is 17.7 Å². The summed E-state index contributed by atoms with van der Waals surface area (Å²) in [5.41, 5.74) is 17.5. The van der Waals surface area contributed by atoms with Gasteiger partial charge >= 0.3 is 5.97 Å². The number of guanidine groups is 1. The van der Waals surface area contributed by atoms with Gasteiger partial charge in [-0.1, -0.05) is 30.3 Å². The molecule has 0 radical (unpaired) electrons. The Morgan fingerprint density at radius 1 is 0.971 bits per heavy atom. The summed E-state index contributed by atoms with van der Waals surface area (Å²) < 4.78 is 0. The van der Waals surface area contributed by atoms with Gasteiger partial charge in [0.15, 0.2) is 5.96 Å². The highest BCUT2D eigenvalue weighted by molar-refractivity contribution is 5.94. The minimum Gasteiger partial charge on any atom is -0.480 e. The number of nitrogens with two attached hydrogens (primary N) is 3. The van der Waals surface area contributed by atoms with E-state index >= 15 is 0 Å². The summed E-state index contributed by atoms with van der Waals surface area (Å²) >= 11 is 0. The van der Waals surface area contributed by atoms with Crippen LogP contribution in [0.2, 0.25) is 0 Å². The molecule has 5 unspecified atom stereocenters. The molecule has 0 spiro atoms. The molecule has 11 N–H and O–H groups in total. The summed E-state index contributed by atoms with van der Waals surface area (Å²) in [6, 6.07) is 4.32. The lowest BCUT2D eigenvalue weighted by Gasteiger charge is -2.26. The number of rotatable bonds is 14. The van der Waals surface area contributed by atoms with Crippen molar-refractivity contribution in [3.63, 3.8) is 0 Å². The molecule has 0 heterocycles. The van der Waals surface area contributed by atoms with Crippen LogP contribution in [0.5, 0.6) is 0 Å². The second kappa shape index (κ2) is 14.5. The molecular formula is C22H35N7O6. The maximum atomic E-state index is 13.0. The molecule has 13 nitrogen and oxygen atoms in total. The van der Waals surface area contributed by atoms with Crippen LogP contribution in [0, 0.1) is 0 Å². The maximum Gasteiger partial charge on any atom is 0.325 e. The summed E-state index contributed by atoms with van der Waals surface area (Å²) in [5.74, 6) is -3.66. The molecule has 0 fully saturated rings. The van der Waals surface area contributed by atoms with Crippen molar-refractivity contribution in [1.29, 1.82) is 0 Å². The number of amides is 3.